The molecule has 2 heterocycles. The van der Waals surface area contributed by atoms with Gasteiger partial charge in [-0.25, -0.2) is 9.36 Å². The number of benzene rings is 1. The van der Waals surface area contributed by atoms with E-state index in [4.69, 9.17) is 18.5 Å². The molecule has 3 rings (SSSR count). The van der Waals surface area contributed by atoms with Gasteiger partial charge in [-0.2, -0.15) is 10.3 Å². The molecule has 3 N–H and O–H groups in total. The number of hydrogen-bond donors (Lipinski definition) is 3. The van der Waals surface area contributed by atoms with E-state index in [1.54, 1.807) is 32.0 Å². The molecule has 5 atom stereocenters. The molecule has 198 valence electrons. The first-order valence-electron chi connectivity index (χ1n) is 11.2. The van der Waals surface area contributed by atoms with Gasteiger partial charge in [0.25, 0.3) is 5.56 Å². The summed E-state index contributed by atoms with van der Waals surface area (Å²) in [4.78, 5) is 38.4. The number of nitrogens with one attached hydrogen (secondary N) is 2. The minimum Gasteiger partial charge on any atom is -0.467 e. The van der Waals surface area contributed by atoms with Crippen LogP contribution in [-0.2, 0) is 23.4 Å². The van der Waals surface area contributed by atoms with Crippen molar-refractivity contribution in [3.05, 3.63) is 75.0 Å². The zero-order valence-electron chi connectivity index (χ0n) is 20.5. The van der Waals surface area contributed by atoms with E-state index in [0.717, 1.165) is 10.8 Å². The minimum absolute atomic E-state index is 0.150. The van der Waals surface area contributed by atoms with E-state index < -0.39 is 55.4 Å². The molecule has 1 saturated heterocycles. The van der Waals surface area contributed by atoms with Crippen LogP contribution < -0.4 is 20.9 Å². The number of hydrogen-bond acceptors (Lipinski definition) is 10. The van der Waals surface area contributed by atoms with Crippen molar-refractivity contribution in [2.45, 2.75) is 52.2 Å². The summed E-state index contributed by atoms with van der Waals surface area (Å²) >= 11 is 0. The molecule has 13 nitrogen and oxygen atoms in total. The fraction of sp³-hybridized carbons (Fsp3) is 0.391. The van der Waals surface area contributed by atoms with Crippen LogP contribution in [0.1, 0.15) is 32.6 Å². The van der Waals surface area contributed by atoms with Crippen LogP contribution in [0.15, 0.2) is 58.1 Å². The molecule has 1 aromatic carbocycles. The highest BCUT2D eigenvalue weighted by atomic mass is 31.2. The molecule has 0 aliphatic carbocycles. The quantitative estimate of drug-likeness (QED) is 0.242. The number of nitrogens with zero attached hydrogens (tertiary/aromatic N) is 2. The van der Waals surface area contributed by atoms with E-state index in [9.17, 15) is 29.3 Å². The average Bonchev–Trinajstić information content (AvgIpc) is 3.15. The van der Waals surface area contributed by atoms with Crippen molar-refractivity contribution in [3.8, 4) is 11.8 Å². The van der Waals surface area contributed by atoms with Crippen molar-refractivity contribution in [1.82, 2.24) is 14.6 Å². The van der Waals surface area contributed by atoms with Gasteiger partial charge in [0, 0.05) is 11.8 Å². The first-order chi connectivity index (χ1) is 17.4. The zero-order chi connectivity index (χ0) is 27.3. The summed E-state index contributed by atoms with van der Waals surface area (Å²) in [6, 6.07) is 8.73. The van der Waals surface area contributed by atoms with Crippen LogP contribution in [0.25, 0.3) is 0 Å². The number of aliphatic hydroxyl groups excluding tert-OH is 1. The van der Waals surface area contributed by atoms with Crippen LogP contribution in [0.3, 0.4) is 0 Å². The number of aromatic amines is 1. The van der Waals surface area contributed by atoms with Gasteiger partial charge < -0.3 is 23.6 Å². The van der Waals surface area contributed by atoms with Gasteiger partial charge in [0.1, 0.15) is 30.1 Å². The lowest BCUT2D eigenvalue weighted by Crippen LogP contribution is -2.36. The van der Waals surface area contributed by atoms with E-state index in [1.165, 1.54) is 32.2 Å². The summed E-state index contributed by atoms with van der Waals surface area (Å²) in [6.45, 7) is 6.16. The van der Waals surface area contributed by atoms with Crippen molar-refractivity contribution in [2.75, 3.05) is 0 Å². The molecule has 1 fully saturated rings. The molecule has 0 radical (unpaired) electrons. The Bertz CT molecular complexity index is 1360. The van der Waals surface area contributed by atoms with E-state index >= 15 is 0 Å². The molecule has 5 unspecified atom stereocenters. The Morgan fingerprint density at radius 3 is 2.59 bits per heavy atom. The maximum Gasteiger partial charge on any atom is 0.513 e. The minimum atomic E-state index is -4.33. The molecule has 2 aromatic rings. The number of para-hydroxylation sites is 1. The largest absolute Gasteiger partial charge is 0.513 e. The second kappa shape index (κ2) is 11.5. The van der Waals surface area contributed by atoms with Crippen LogP contribution in [-0.4, -0.2) is 38.9 Å². The zero-order valence-corrected chi connectivity index (χ0v) is 21.4. The number of aryl methyl sites for hydroxylation is 1. The Morgan fingerprint density at radius 1 is 1.30 bits per heavy atom. The maximum absolute atomic E-state index is 13.6. The molecule has 0 amide bonds. The lowest BCUT2D eigenvalue weighted by molar-refractivity contribution is -0.149. The fourth-order valence-corrected chi connectivity index (χ4v) is 4.67. The number of carbonyl (C=O) groups is 1. The Hall–Kier alpha value is -3.85. The van der Waals surface area contributed by atoms with Crippen molar-refractivity contribution >= 4 is 13.7 Å². The Kier molecular flexibility index (Phi) is 8.60. The SMILES string of the molecule is Cc1cn(C2OC(=COP(=O)(NC(C)C(=O)OC(C)C)Oc3ccccc3)C(O)C2C#N)c(=O)[nH]c1=O. The van der Waals surface area contributed by atoms with E-state index in [2.05, 4.69) is 10.1 Å². The molecule has 0 spiro atoms. The predicted molar refractivity (Wildman–Crippen MR) is 129 cm³/mol. The Balaban J connectivity index is 1.90. The number of rotatable bonds is 9. The molecule has 1 aromatic heterocycles. The molecule has 37 heavy (non-hydrogen) atoms. The van der Waals surface area contributed by atoms with Gasteiger partial charge in [-0.15, -0.1) is 0 Å². The predicted octanol–water partition coefficient (Wildman–Crippen LogP) is 1.85. The highest BCUT2D eigenvalue weighted by Crippen LogP contribution is 2.46. The van der Waals surface area contributed by atoms with Crippen LogP contribution >= 0.6 is 7.75 Å². The average molecular weight is 534 g/mol. The third-order valence-corrected chi connectivity index (χ3v) is 6.64. The van der Waals surface area contributed by atoms with E-state index in [0.29, 0.717) is 0 Å². The summed E-state index contributed by atoms with van der Waals surface area (Å²) in [7, 11) is -4.33. The van der Waals surface area contributed by atoms with Gasteiger partial charge in [0.2, 0.25) is 0 Å². The van der Waals surface area contributed by atoms with E-state index in [1.807, 2.05) is 6.07 Å². The van der Waals surface area contributed by atoms with E-state index in [-0.39, 0.29) is 17.1 Å². The molecular weight excluding hydrogens is 507 g/mol. The van der Waals surface area contributed by atoms with Gasteiger partial charge in [-0.3, -0.25) is 19.1 Å². The molecule has 14 heteroatoms. The van der Waals surface area contributed by atoms with Gasteiger partial charge >= 0.3 is 19.4 Å². The third-order valence-electron chi connectivity index (χ3n) is 5.10. The second-order valence-electron chi connectivity index (χ2n) is 8.45. The number of ether oxygens (including phenoxy) is 2. The van der Waals surface area contributed by atoms with Crippen molar-refractivity contribution < 1.29 is 33.0 Å². The fourth-order valence-electron chi connectivity index (χ4n) is 3.30. The molecule has 0 saturated carbocycles. The van der Waals surface area contributed by atoms with Crippen LogP contribution in [0.4, 0.5) is 0 Å². The number of aliphatic hydroxyl groups is 1. The van der Waals surface area contributed by atoms with Crippen LogP contribution in [0.2, 0.25) is 0 Å². The molecular formula is C23H27N4O9P. The number of nitriles is 1. The van der Waals surface area contributed by atoms with Crippen LogP contribution in [0.5, 0.6) is 5.75 Å². The van der Waals surface area contributed by atoms with Gasteiger partial charge in [-0.05, 0) is 39.8 Å². The number of carbonyl (C=O) groups excluding carboxylic acids is 1. The maximum atomic E-state index is 13.6. The first kappa shape index (κ1) is 27.7. The third kappa shape index (κ3) is 6.68. The highest BCUT2D eigenvalue weighted by Gasteiger charge is 2.44. The van der Waals surface area contributed by atoms with Crippen molar-refractivity contribution in [1.29, 1.82) is 5.26 Å². The Morgan fingerprint density at radius 2 is 1.97 bits per heavy atom. The number of aromatic nitrogens is 2. The standard InChI is InChI=1S/C23H27N4O9P/c1-13(2)34-22(30)15(4)26-37(32,36-16-8-6-5-7-9-16)33-12-18-19(28)17(10-24)21(35-18)27-11-14(3)20(29)25-23(27)31/h5-9,11-13,15,17,19,21,28H,1-4H3,(H,26,32)(H,25,29,31). The normalized spacial score (nSPS) is 22.5. The second-order valence-corrected chi connectivity index (χ2v) is 10.1. The number of esters is 1. The summed E-state index contributed by atoms with van der Waals surface area (Å²) in [5, 5.41) is 22.7. The van der Waals surface area contributed by atoms with Gasteiger partial charge in [0.05, 0.1) is 12.2 Å². The lowest BCUT2D eigenvalue weighted by Gasteiger charge is -2.22. The smallest absolute Gasteiger partial charge is 0.467 e. The summed E-state index contributed by atoms with van der Waals surface area (Å²) in [6.07, 6.45) is -1.34. The molecule has 1 aliphatic rings. The summed E-state index contributed by atoms with van der Waals surface area (Å²) < 4.78 is 36.1. The monoisotopic (exact) mass is 534 g/mol. The topological polar surface area (TPSA) is 182 Å². The molecule has 1 aliphatic heterocycles. The first-order valence-corrected chi connectivity index (χ1v) is 12.8. The molecule has 0 bridgehead atoms. The highest BCUT2D eigenvalue weighted by molar-refractivity contribution is 7.52. The Labute approximate surface area is 211 Å². The van der Waals surface area contributed by atoms with Crippen LogP contribution in [0, 0.1) is 24.2 Å². The number of H-pyrrole nitrogens is 1. The summed E-state index contributed by atoms with van der Waals surface area (Å²) in [5.74, 6) is -2.17. The summed E-state index contributed by atoms with van der Waals surface area (Å²) in [5.41, 5.74) is -1.29. The van der Waals surface area contributed by atoms with Gasteiger partial charge in [-0.1, -0.05) is 18.2 Å². The van der Waals surface area contributed by atoms with Gasteiger partial charge in [0.15, 0.2) is 12.0 Å². The van der Waals surface area contributed by atoms with Crippen molar-refractivity contribution in [2.24, 2.45) is 5.92 Å². The van der Waals surface area contributed by atoms with Crippen molar-refractivity contribution in [3.63, 3.8) is 0 Å². The lowest BCUT2D eigenvalue weighted by atomic mass is 10.0.